The number of carboxylic acid groups (broad SMARTS) is 1. The van der Waals surface area contributed by atoms with Crippen molar-refractivity contribution in [1.82, 2.24) is 4.98 Å². The summed E-state index contributed by atoms with van der Waals surface area (Å²) in [7, 11) is 0. The van der Waals surface area contributed by atoms with E-state index in [1.165, 1.54) is 6.20 Å². The van der Waals surface area contributed by atoms with E-state index in [1.54, 1.807) is 36.4 Å². The highest BCUT2D eigenvalue weighted by Gasteiger charge is 2.01. The van der Waals surface area contributed by atoms with Gasteiger partial charge >= 0.3 is 5.97 Å². The van der Waals surface area contributed by atoms with Crippen LogP contribution < -0.4 is 5.32 Å². The number of hydrogen-bond donors (Lipinski definition) is 2. The molecule has 0 aliphatic rings. The van der Waals surface area contributed by atoms with Crippen molar-refractivity contribution < 1.29 is 9.90 Å². The first-order valence-corrected chi connectivity index (χ1v) is 6.11. The van der Waals surface area contributed by atoms with Crippen LogP contribution in [-0.4, -0.2) is 22.6 Å². The molecule has 0 atom stereocenters. The monoisotopic (exact) mass is 267 g/mol. The molecular formula is C15H13N3O2. The number of anilines is 1. The Morgan fingerprint density at radius 1 is 1.25 bits per heavy atom. The summed E-state index contributed by atoms with van der Waals surface area (Å²) in [5, 5.41) is 20.6. The summed E-state index contributed by atoms with van der Waals surface area (Å²) in [6.45, 7) is 0.686. The van der Waals surface area contributed by atoms with E-state index >= 15 is 0 Å². The van der Waals surface area contributed by atoms with E-state index in [0.717, 1.165) is 12.0 Å². The largest absolute Gasteiger partial charge is 0.478 e. The first-order chi connectivity index (χ1) is 9.69. The van der Waals surface area contributed by atoms with Crippen LogP contribution in [0.2, 0.25) is 0 Å². The zero-order valence-corrected chi connectivity index (χ0v) is 10.7. The number of pyridine rings is 1. The summed E-state index contributed by atoms with van der Waals surface area (Å²) >= 11 is 0. The lowest BCUT2D eigenvalue weighted by atomic mass is 10.1. The molecule has 0 saturated heterocycles. The second-order valence-corrected chi connectivity index (χ2v) is 4.22. The summed E-state index contributed by atoms with van der Waals surface area (Å²) in [5.41, 5.74) is 1.87. The Hall–Kier alpha value is -2.87. The molecule has 0 unspecified atom stereocenters. The number of aromatic nitrogens is 1. The Bertz CT molecular complexity index is 628. The molecule has 0 amide bonds. The number of rotatable bonds is 5. The molecule has 5 nitrogen and oxygen atoms in total. The summed E-state index contributed by atoms with van der Waals surface area (Å²) in [6, 6.07) is 12.3. The van der Waals surface area contributed by atoms with Gasteiger partial charge in [-0.05, 0) is 36.2 Å². The molecule has 0 aliphatic carbocycles. The van der Waals surface area contributed by atoms with Crippen molar-refractivity contribution in [2.24, 2.45) is 0 Å². The van der Waals surface area contributed by atoms with E-state index in [-0.39, 0.29) is 5.56 Å². The van der Waals surface area contributed by atoms with Crippen molar-refractivity contribution in [2.75, 3.05) is 11.9 Å². The number of nitrogens with one attached hydrogen (secondary N) is 1. The highest BCUT2D eigenvalue weighted by molar-refractivity contribution is 5.87. The van der Waals surface area contributed by atoms with Gasteiger partial charge in [-0.3, -0.25) is 0 Å². The Kier molecular flexibility index (Phi) is 4.30. The smallest absolute Gasteiger partial charge is 0.335 e. The third-order valence-corrected chi connectivity index (χ3v) is 2.81. The molecule has 2 aromatic rings. The maximum absolute atomic E-state index is 10.7. The van der Waals surface area contributed by atoms with Gasteiger partial charge in [0.25, 0.3) is 0 Å². The van der Waals surface area contributed by atoms with Crippen LogP contribution in [0.5, 0.6) is 0 Å². The fourth-order valence-corrected chi connectivity index (χ4v) is 1.71. The highest BCUT2D eigenvalue weighted by atomic mass is 16.4. The second kappa shape index (κ2) is 6.34. The molecule has 0 bridgehead atoms. The molecule has 1 aromatic carbocycles. The zero-order valence-electron chi connectivity index (χ0n) is 10.7. The fourth-order valence-electron chi connectivity index (χ4n) is 1.71. The van der Waals surface area contributed by atoms with Crippen LogP contribution in [-0.2, 0) is 6.42 Å². The van der Waals surface area contributed by atoms with Gasteiger partial charge in [0, 0.05) is 12.7 Å². The van der Waals surface area contributed by atoms with Crippen molar-refractivity contribution in [3.63, 3.8) is 0 Å². The summed E-state index contributed by atoms with van der Waals surface area (Å²) in [4.78, 5) is 14.8. The van der Waals surface area contributed by atoms with E-state index in [4.69, 9.17) is 10.4 Å². The summed E-state index contributed by atoms with van der Waals surface area (Å²) in [5.74, 6) is -0.206. The second-order valence-electron chi connectivity index (χ2n) is 4.22. The molecule has 0 fully saturated rings. The molecule has 0 aliphatic heterocycles. The lowest BCUT2D eigenvalue weighted by Gasteiger charge is -2.05. The van der Waals surface area contributed by atoms with Gasteiger partial charge in [-0.1, -0.05) is 12.1 Å². The fraction of sp³-hybridized carbons (Fsp3) is 0.133. The Morgan fingerprint density at radius 3 is 2.55 bits per heavy atom. The SMILES string of the molecule is N#Cc1ccc(NCCc2ccc(C(=O)O)cc2)nc1. The molecule has 0 radical (unpaired) electrons. The van der Waals surface area contributed by atoms with Crippen molar-refractivity contribution in [3.8, 4) is 6.07 Å². The predicted octanol–water partition coefficient (Wildman–Crippen LogP) is 2.31. The minimum absolute atomic E-state index is 0.287. The molecule has 2 rings (SSSR count). The quantitative estimate of drug-likeness (QED) is 0.868. The van der Waals surface area contributed by atoms with E-state index in [9.17, 15) is 4.79 Å². The summed E-state index contributed by atoms with van der Waals surface area (Å²) < 4.78 is 0. The normalized spacial score (nSPS) is 9.75. The van der Waals surface area contributed by atoms with Crippen LogP contribution in [0.3, 0.4) is 0 Å². The molecule has 20 heavy (non-hydrogen) atoms. The number of benzene rings is 1. The maximum atomic E-state index is 10.7. The van der Waals surface area contributed by atoms with Crippen LogP contribution >= 0.6 is 0 Å². The third-order valence-electron chi connectivity index (χ3n) is 2.81. The van der Waals surface area contributed by atoms with Crippen molar-refractivity contribution in [2.45, 2.75) is 6.42 Å². The third kappa shape index (κ3) is 3.56. The average Bonchev–Trinajstić information content (AvgIpc) is 2.48. The number of aromatic carboxylic acids is 1. The lowest BCUT2D eigenvalue weighted by molar-refractivity contribution is 0.0697. The number of hydrogen-bond acceptors (Lipinski definition) is 4. The lowest BCUT2D eigenvalue weighted by Crippen LogP contribution is -2.06. The van der Waals surface area contributed by atoms with Gasteiger partial charge in [0.05, 0.1) is 11.1 Å². The summed E-state index contributed by atoms with van der Waals surface area (Å²) in [6.07, 6.45) is 2.28. The van der Waals surface area contributed by atoms with Gasteiger partial charge in [-0.15, -0.1) is 0 Å². The predicted molar refractivity (Wildman–Crippen MR) is 74.5 cm³/mol. The van der Waals surface area contributed by atoms with Gasteiger partial charge in [0.1, 0.15) is 11.9 Å². The molecule has 5 heteroatoms. The van der Waals surface area contributed by atoms with Crippen LogP contribution in [0.1, 0.15) is 21.5 Å². The molecule has 100 valence electrons. The van der Waals surface area contributed by atoms with Crippen LogP contribution in [0.15, 0.2) is 42.6 Å². The first-order valence-electron chi connectivity index (χ1n) is 6.11. The van der Waals surface area contributed by atoms with Gasteiger partial charge in [0.15, 0.2) is 0 Å². The number of carboxylic acids is 1. The van der Waals surface area contributed by atoms with Crippen molar-refractivity contribution in [1.29, 1.82) is 5.26 Å². The molecular weight excluding hydrogens is 254 g/mol. The maximum Gasteiger partial charge on any atom is 0.335 e. The molecule has 2 N–H and O–H groups in total. The number of nitrogens with zero attached hydrogens (tertiary/aromatic N) is 2. The molecule has 0 saturated carbocycles. The zero-order chi connectivity index (χ0) is 14.4. The Balaban J connectivity index is 1.86. The number of carbonyl (C=O) groups is 1. The Morgan fingerprint density at radius 2 is 2.00 bits per heavy atom. The minimum atomic E-state index is -0.920. The topological polar surface area (TPSA) is 86.0 Å². The molecule has 1 heterocycles. The van der Waals surface area contributed by atoms with Crippen LogP contribution in [0, 0.1) is 11.3 Å². The van der Waals surface area contributed by atoms with Gasteiger partial charge in [0.2, 0.25) is 0 Å². The highest BCUT2D eigenvalue weighted by Crippen LogP contribution is 2.07. The van der Waals surface area contributed by atoms with E-state index < -0.39 is 5.97 Å². The molecule has 1 aromatic heterocycles. The first kappa shape index (κ1) is 13.6. The van der Waals surface area contributed by atoms with Crippen LogP contribution in [0.4, 0.5) is 5.82 Å². The van der Waals surface area contributed by atoms with Gasteiger partial charge < -0.3 is 10.4 Å². The standard InChI is InChI=1S/C15H13N3O2/c16-9-12-3-6-14(18-10-12)17-8-7-11-1-4-13(5-2-11)15(19)20/h1-6,10H,7-8H2,(H,17,18)(H,19,20). The van der Waals surface area contributed by atoms with Crippen LogP contribution in [0.25, 0.3) is 0 Å². The average molecular weight is 267 g/mol. The molecule has 0 spiro atoms. The van der Waals surface area contributed by atoms with E-state index in [1.807, 2.05) is 6.07 Å². The van der Waals surface area contributed by atoms with Crippen molar-refractivity contribution in [3.05, 3.63) is 59.3 Å². The van der Waals surface area contributed by atoms with Gasteiger partial charge in [-0.25, -0.2) is 9.78 Å². The Labute approximate surface area is 116 Å². The van der Waals surface area contributed by atoms with Gasteiger partial charge in [-0.2, -0.15) is 5.26 Å². The van der Waals surface area contributed by atoms with Crippen molar-refractivity contribution >= 4 is 11.8 Å². The number of nitriles is 1. The minimum Gasteiger partial charge on any atom is -0.478 e. The van der Waals surface area contributed by atoms with E-state index in [2.05, 4.69) is 10.3 Å². The van der Waals surface area contributed by atoms with E-state index in [0.29, 0.717) is 17.9 Å².